The number of benzene rings is 1. The number of carboxylic acids is 1. The van der Waals surface area contributed by atoms with E-state index in [1.54, 1.807) is 0 Å². The Labute approximate surface area is 118 Å². The largest absolute Gasteiger partial charge is 0.479 e. The lowest BCUT2D eigenvalue weighted by molar-refractivity contribution is -0.160. The van der Waals surface area contributed by atoms with Crippen molar-refractivity contribution < 1.29 is 37.3 Å². The molecule has 2 N–H and O–H groups in total. The van der Waals surface area contributed by atoms with Gasteiger partial charge in [-0.2, -0.15) is 13.2 Å². The Balaban J connectivity index is 3.29. The van der Waals surface area contributed by atoms with Gasteiger partial charge in [0, 0.05) is 5.56 Å². The van der Waals surface area contributed by atoms with Crippen molar-refractivity contribution >= 4 is 5.97 Å². The van der Waals surface area contributed by atoms with E-state index in [-0.39, 0.29) is 6.07 Å². The van der Waals surface area contributed by atoms with Crippen LogP contribution in [0.2, 0.25) is 0 Å². The highest BCUT2D eigenvalue weighted by Crippen LogP contribution is 2.36. The molecule has 21 heavy (non-hydrogen) atoms. The molecule has 118 valence electrons. The third-order valence-corrected chi connectivity index (χ3v) is 2.86. The zero-order chi connectivity index (χ0) is 16.4. The van der Waals surface area contributed by atoms with Gasteiger partial charge < -0.3 is 14.9 Å². The molecule has 0 aliphatic heterocycles. The quantitative estimate of drug-likeness (QED) is 0.821. The number of carboxylic acid groups (broad SMARTS) is 1. The topological polar surface area (TPSA) is 66.8 Å². The van der Waals surface area contributed by atoms with Gasteiger partial charge in [-0.3, -0.25) is 0 Å². The van der Waals surface area contributed by atoms with Crippen LogP contribution >= 0.6 is 0 Å². The van der Waals surface area contributed by atoms with Crippen molar-refractivity contribution in [3.63, 3.8) is 0 Å². The Kier molecular flexibility index (Phi) is 5.30. The lowest BCUT2D eigenvalue weighted by Gasteiger charge is -2.24. The molecule has 0 bridgehead atoms. The van der Waals surface area contributed by atoms with Gasteiger partial charge in [-0.1, -0.05) is 6.07 Å². The predicted molar refractivity (Wildman–Crippen MR) is 64.0 cm³/mol. The van der Waals surface area contributed by atoms with Crippen LogP contribution < -0.4 is 0 Å². The number of hydrogen-bond acceptors (Lipinski definition) is 3. The van der Waals surface area contributed by atoms with Gasteiger partial charge in [0.25, 0.3) is 0 Å². The first-order valence-electron chi connectivity index (χ1n) is 5.97. The number of hydrogen-bond donors (Lipinski definition) is 2. The van der Waals surface area contributed by atoms with Crippen molar-refractivity contribution in [1.29, 1.82) is 0 Å². The van der Waals surface area contributed by atoms with Crippen LogP contribution in [0.15, 0.2) is 18.2 Å². The Morgan fingerprint density at radius 2 is 1.86 bits per heavy atom. The zero-order valence-corrected chi connectivity index (χ0v) is 11.2. The second kappa shape index (κ2) is 6.40. The summed E-state index contributed by atoms with van der Waals surface area (Å²) < 4.78 is 56.6. The number of alkyl halides is 3. The summed E-state index contributed by atoms with van der Waals surface area (Å²) in [6.45, 7) is 2.62. The van der Waals surface area contributed by atoms with E-state index in [2.05, 4.69) is 0 Å². The zero-order valence-electron chi connectivity index (χ0n) is 11.2. The summed E-state index contributed by atoms with van der Waals surface area (Å²) >= 11 is 0. The Hall–Kier alpha value is -1.67. The van der Waals surface area contributed by atoms with Gasteiger partial charge in [-0.15, -0.1) is 0 Å². The fraction of sp³-hybridized carbons (Fsp3) is 0.462. The molecular weight excluding hydrogens is 296 g/mol. The number of ether oxygens (including phenoxy) is 1. The lowest BCUT2D eigenvalue weighted by Crippen LogP contribution is -2.29. The second-order valence-corrected chi connectivity index (χ2v) is 4.53. The number of rotatable bonds is 5. The van der Waals surface area contributed by atoms with E-state index in [0.29, 0.717) is 6.07 Å². The van der Waals surface area contributed by atoms with Crippen LogP contribution in [-0.4, -0.2) is 28.4 Å². The Morgan fingerprint density at radius 1 is 1.29 bits per heavy atom. The van der Waals surface area contributed by atoms with E-state index in [1.165, 1.54) is 13.8 Å². The van der Waals surface area contributed by atoms with Gasteiger partial charge in [0.2, 0.25) is 0 Å². The molecular formula is C13H14F4O4. The van der Waals surface area contributed by atoms with Gasteiger partial charge in [0.15, 0.2) is 6.10 Å². The van der Waals surface area contributed by atoms with Crippen LogP contribution in [0.4, 0.5) is 17.6 Å². The summed E-state index contributed by atoms with van der Waals surface area (Å²) in [6, 6.07) is 1.64. The van der Waals surface area contributed by atoms with Gasteiger partial charge in [0.1, 0.15) is 5.82 Å². The third kappa shape index (κ3) is 4.40. The summed E-state index contributed by atoms with van der Waals surface area (Å²) in [5.74, 6) is -2.81. The summed E-state index contributed by atoms with van der Waals surface area (Å²) in [6.07, 6.45) is -8.99. The van der Waals surface area contributed by atoms with Crippen molar-refractivity contribution in [1.82, 2.24) is 0 Å². The van der Waals surface area contributed by atoms with Crippen LogP contribution in [0.3, 0.4) is 0 Å². The first kappa shape index (κ1) is 17.4. The van der Waals surface area contributed by atoms with Crippen molar-refractivity contribution in [3.8, 4) is 0 Å². The fourth-order valence-corrected chi connectivity index (χ4v) is 1.60. The van der Waals surface area contributed by atoms with E-state index in [0.717, 1.165) is 6.07 Å². The highest BCUT2D eigenvalue weighted by atomic mass is 19.4. The minimum Gasteiger partial charge on any atom is -0.479 e. The summed E-state index contributed by atoms with van der Waals surface area (Å²) in [7, 11) is 0. The minimum absolute atomic E-state index is 0.210. The molecule has 0 radical (unpaired) electrons. The first-order chi connectivity index (χ1) is 9.54. The van der Waals surface area contributed by atoms with Gasteiger partial charge in [-0.05, 0) is 26.0 Å². The van der Waals surface area contributed by atoms with Gasteiger partial charge in [0.05, 0.1) is 17.8 Å². The van der Waals surface area contributed by atoms with E-state index >= 15 is 0 Å². The Bertz CT molecular complexity index is 513. The molecule has 3 atom stereocenters. The van der Waals surface area contributed by atoms with Crippen molar-refractivity contribution in [3.05, 3.63) is 35.1 Å². The average Bonchev–Trinajstić information content (AvgIpc) is 2.34. The molecule has 0 aromatic heterocycles. The normalized spacial score (nSPS) is 16.3. The SMILES string of the molecule is CC(O)C(C)OC(C(=O)O)c1ccc(F)cc1C(F)(F)F. The third-order valence-electron chi connectivity index (χ3n) is 2.86. The summed E-state index contributed by atoms with van der Waals surface area (Å²) in [5.41, 5.74) is -2.14. The van der Waals surface area contributed by atoms with Crippen LogP contribution in [-0.2, 0) is 15.7 Å². The van der Waals surface area contributed by atoms with E-state index in [1.807, 2.05) is 0 Å². The van der Waals surface area contributed by atoms with Crippen LogP contribution in [0.5, 0.6) is 0 Å². The molecule has 1 aromatic rings. The molecule has 4 nitrogen and oxygen atoms in total. The molecule has 0 fully saturated rings. The molecule has 0 aliphatic rings. The standard InChI is InChI=1S/C13H14F4O4/c1-6(18)7(2)21-11(12(19)20)9-4-3-8(14)5-10(9)13(15,16)17/h3-7,11,18H,1-2H3,(H,19,20). The van der Waals surface area contributed by atoms with E-state index in [4.69, 9.17) is 9.84 Å². The number of carbonyl (C=O) groups is 1. The van der Waals surface area contributed by atoms with Crippen molar-refractivity contribution in [2.24, 2.45) is 0 Å². The number of aliphatic carboxylic acids is 1. The smallest absolute Gasteiger partial charge is 0.416 e. The maximum atomic E-state index is 13.0. The number of aliphatic hydroxyl groups excluding tert-OH is 1. The first-order valence-corrected chi connectivity index (χ1v) is 5.97. The summed E-state index contributed by atoms with van der Waals surface area (Å²) in [5, 5.41) is 18.3. The lowest BCUT2D eigenvalue weighted by atomic mass is 10.0. The Morgan fingerprint density at radius 3 is 2.29 bits per heavy atom. The minimum atomic E-state index is -4.93. The maximum Gasteiger partial charge on any atom is 0.416 e. The molecule has 8 heteroatoms. The molecule has 0 heterocycles. The summed E-state index contributed by atoms with van der Waals surface area (Å²) in [4.78, 5) is 11.2. The van der Waals surface area contributed by atoms with Crippen molar-refractivity contribution in [2.75, 3.05) is 0 Å². The number of halogens is 4. The van der Waals surface area contributed by atoms with Crippen LogP contribution in [0.25, 0.3) is 0 Å². The highest BCUT2D eigenvalue weighted by molar-refractivity contribution is 5.75. The van der Waals surface area contributed by atoms with E-state index in [9.17, 15) is 27.5 Å². The molecule has 0 amide bonds. The monoisotopic (exact) mass is 310 g/mol. The molecule has 0 aliphatic carbocycles. The van der Waals surface area contributed by atoms with Crippen LogP contribution in [0.1, 0.15) is 31.1 Å². The van der Waals surface area contributed by atoms with Crippen LogP contribution in [0, 0.1) is 5.82 Å². The van der Waals surface area contributed by atoms with Crippen molar-refractivity contribution in [2.45, 2.75) is 38.3 Å². The molecule has 1 rings (SSSR count). The average molecular weight is 310 g/mol. The van der Waals surface area contributed by atoms with Gasteiger partial charge >= 0.3 is 12.1 Å². The molecule has 3 unspecified atom stereocenters. The second-order valence-electron chi connectivity index (χ2n) is 4.53. The molecule has 0 saturated heterocycles. The molecule has 0 saturated carbocycles. The number of aliphatic hydroxyl groups is 1. The fourth-order valence-electron chi connectivity index (χ4n) is 1.60. The molecule has 1 aromatic carbocycles. The maximum absolute atomic E-state index is 13.0. The predicted octanol–water partition coefficient (Wildman–Crippen LogP) is 2.76. The van der Waals surface area contributed by atoms with Gasteiger partial charge in [-0.25, -0.2) is 9.18 Å². The molecule has 0 spiro atoms. The van der Waals surface area contributed by atoms with E-state index < -0.39 is 47.4 Å². The highest BCUT2D eigenvalue weighted by Gasteiger charge is 2.38.